The highest BCUT2D eigenvalue weighted by Crippen LogP contribution is 2.15. The maximum Gasteiger partial charge on any atom is 0.252 e. The minimum Gasteiger partial charge on any atom is -0.346 e. The zero-order valence-electron chi connectivity index (χ0n) is 12.5. The number of nitrogens with zero attached hydrogens (tertiary/aromatic N) is 2. The molecule has 3 N–H and O–H groups in total. The lowest BCUT2D eigenvalue weighted by Crippen LogP contribution is -2.25. The van der Waals surface area contributed by atoms with Gasteiger partial charge in [-0.1, -0.05) is 18.2 Å². The van der Waals surface area contributed by atoms with E-state index in [1.54, 1.807) is 18.3 Å². The van der Waals surface area contributed by atoms with Gasteiger partial charge in [-0.3, -0.25) is 14.7 Å². The van der Waals surface area contributed by atoms with Crippen molar-refractivity contribution in [2.75, 3.05) is 0 Å². The monoisotopic (exact) mass is 319 g/mol. The summed E-state index contributed by atoms with van der Waals surface area (Å²) >= 11 is 0. The molecule has 4 rings (SSSR count). The second-order valence-electron chi connectivity index (χ2n) is 5.35. The van der Waals surface area contributed by atoms with Crippen molar-refractivity contribution in [1.29, 1.82) is 0 Å². The van der Waals surface area contributed by atoms with E-state index in [9.17, 15) is 9.59 Å². The fraction of sp³-hybridized carbons (Fsp3) is 0.0588. The Balaban J connectivity index is 1.64. The van der Waals surface area contributed by atoms with Gasteiger partial charge >= 0.3 is 0 Å². The smallest absolute Gasteiger partial charge is 0.252 e. The van der Waals surface area contributed by atoms with Crippen molar-refractivity contribution >= 4 is 27.8 Å². The number of para-hydroxylation sites is 1. The van der Waals surface area contributed by atoms with Gasteiger partial charge in [0.1, 0.15) is 0 Å². The van der Waals surface area contributed by atoms with Gasteiger partial charge in [-0.05, 0) is 18.2 Å². The first-order valence-electron chi connectivity index (χ1n) is 7.40. The number of pyridine rings is 2. The third-order valence-electron chi connectivity index (χ3n) is 3.83. The van der Waals surface area contributed by atoms with Crippen LogP contribution in [0.3, 0.4) is 0 Å². The predicted molar refractivity (Wildman–Crippen MR) is 89.6 cm³/mol. The highest BCUT2D eigenvalue weighted by atomic mass is 16.2. The molecule has 0 aliphatic rings. The van der Waals surface area contributed by atoms with Crippen molar-refractivity contribution in [3.8, 4) is 0 Å². The standard InChI is InChI=1S/C17H13N5O2/c23-15-8-12(10-4-1-2-6-13(10)20-15)17(24)19-9-14-11-5-3-7-18-16(11)22-21-14/h1-8H,9H2,(H,19,24)(H,20,23)(H,18,21,22). The molecule has 0 aliphatic carbocycles. The molecule has 24 heavy (non-hydrogen) atoms. The normalized spacial score (nSPS) is 11.0. The summed E-state index contributed by atoms with van der Waals surface area (Å²) in [6.07, 6.45) is 1.66. The molecule has 7 nitrogen and oxygen atoms in total. The molecule has 1 amide bonds. The molecule has 0 unspecified atom stereocenters. The summed E-state index contributed by atoms with van der Waals surface area (Å²) in [7, 11) is 0. The van der Waals surface area contributed by atoms with Gasteiger partial charge in [0.05, 0.1) is 17.8 Å². The SMILES string of the molecule is O=C(NCc1[nH]nc2ncccc12)c1cc(=O)[nH]c2ccccc12. The molecule has 1 aromatic carbocycles. The molecule has 0 spiro atoms. The second-order valence-corrected chi connectivity index (χ2v) is 5.35. The Morgan fingerprint density at radius 1 is 1.12 bits per heavy atom. The Labute approximate surface area is 135 Å². The van der Waals surface area contributed by atoms with Crippen LogP contribution in [0.4, 0.5) is 0 Å². The highest BCUT2D eigenvalue weighted by molar-refractivity contribution is 6.05. The van der Waals surface area contributed by atoms with E-state index in [2.05, 4.69) is 25.5 Å². The van der Waals surface area contributed by atoms with Crippen LogP contribution in [0.2, 0.25) is 0 Å². The van der Waals surface area contributed by atoms with Gasteiger partial charge in [-0.15, -0.1) is 0 Å². The molecule has 0 fully saturated rings. The number of carbonyl (C=O) groups is 1. The summed E-state index contributed by atoms with van der Waals surface area (Å²) in [5.41, 5.74) is 2.03. The number of carbonyl (C=O) groups excluding carboxylic acids is 1. The minimum absolute atomic E-state index is 0.266. The summed E-state index contributed by atoms with van der Waals surface area (Å²) in [6.45, 7) is 0.266. The Kier molecular flexibility index (Phi) is 3.31. The third-order valence-corrected chi connectivity index (χ3v) is 3.83. The Morgan fingerprint density at radius 3 is 2.88 bits per heavy atom. The van der Waals surface area contributed by atoms with E-state index in [4.69, 9.17) is 0 Å². The fourth-order valence-corrected chi connectivity index (χ4v) is 2.69. The molecular formula is C17H13N5O2. The lowest BCUT2D eigenvalue weighted by molar-refractivity contribution is 0.0952. The van der Waals surface area contributed by atoms with E-state index in [-0.39, 0.29) is 18.0 Å². The van der Waals surface area contributed by atoms with Gasteiger partial charge in [-0.25, -0.2) is 4.98 Å². The summed E-state index contributed by atoms with van der Waals surface area (Å²) in [6, 6.07) is 12.2. The number of hydrogen-bond donors (Lipinski definition) is 3. The molecular weight excluding hydrogens is 306 g/mol. The first kappa shape index (κ1) is 14.1. The molecule has 0 aliphatic heterocycles. The number of H-pyrrole nitrogens is 2. The van der Waals surface area contributed by atoms with Crippen LogP contribution in [0.5, 0.6) is 0 Å². The van der Waals surface area contributed by atoms with Crippen molar-refractivity contribution in [2.45, 2.75) is 6.54 Å². The molecule has 0 saturated heterocycles. The van der Waals surface area contributed by atoms with Crippen LogP contribution in [0.25, 0.3) is 21.9 Å². The summed E-state index contributed by atoms with van der Waals surface area (Å²) < 4.78 is 0. The Bertz CT molecular complexity index is 1110. The van der Waals surface area contributed by atoms with Crippen LogP contribution in [0.15, 0.2) is 53.5 Å². The predicted octanol–water partition coefficient (Wildman–Crippen LogP) is 1.73. The van der Waals surface area contributed by atoms with Crippen molar-refractivity contribution < 1.29 is 4.79 Å². The van der Waals surface area contributed by atoms with Crippen LogP contribution in [0.1, 0.15) is 16.1 Å². The molecule has 3 heterocycles. The first-order chi connectivity index (χ1) is 11.7. The number of aromatic nitrogens is 4. The fourth-order valence-electron chi connectivity index (χ4n) is 2.69. The highest BCUT2D eigenvalue weighted by Gasteiger charge is 2.13. The van der Waals surface area contributed by atoms with Gasteiger partial charge in [0.2, 0.25) is 5.56 Å². The van der Waals surface area contributed by atoms with Crippen LogP contribution < -0.4 is 10.9 Å². The number of fused-ring (bicyclic) bond motifs is 2. The molecule has 4 aromatic rings. The molecule has 118 valence electrons. The summed E-state index contributed by atoms with van der Waals surface area (Å²) in [5, 5.41) is 11.3. The quantitative estimate of drug-likeness (QED) is 0.535. The van der Waals surface area contributed by atoms with Gasteiger partial charge in [0.25, 0.3) is 5.91 Å². The Morgan fingerprint density at radius 2 is 1.96 bits per heavy atom. The number of nitrogens with one attached hydrogen (secondary N) is 3. The third kappa shape index (κ3) is 2.41. The van der Waals surface area contributed by atoms with Gasteiger partial charge in [-0.2, -0.15) is 5.10 Å². The average molecular weight is 319 g/mol. The van der Waals surface area contributed by atoms with Crippen molar-refractivity contribution in [3.63, 3.8) is 0 Å². The molecule has 0 radical (unpaired) electrons. The topological polar surface area (TPSA) is 104 Å². The van der Waals surface area contributed by atoms with E-state index in [0.717, 1.165) is 11.1 Å². The number of rotatable bonds is 3. The Hall–Kier alpha value is -3.48. The lowest BCUT2D eigenvalue weighted by atomic mass is 10.1. The van der Waals surface area contributed by atoms with Gasteiger partial charge in [0, 0.05) is 28.6 Å². The van der Waals surface area contributed by atoms with Crippen molar-refractivity contribution in [1.82, 2.24) is 25.5 Å². The summed E-state index contributed by atoms with van der Waals surface area (Å²) in [4.78, 5) is 31.1. The van der Waals surface area contributed by atoms with Crippen LogP contribution in [0, 0.1) is 0 Å². The van der Waals surface area contributed by atoms with Gasteiger partial charge < -0.3 is 10.3 Å². The largest absolute Gasteiger partial charge is 0.346 e. The van der Waals surface area contributed by atoms with Crippen molar-refractivity contribution in [2.24, 2.45) is 0 Å². The molecule has 0 saturated carbocycles. The minimum atomic E-state index is -0.316. The van der Waals surface area contributed by atoms with E-state index in [0.29, 0.717) is 22.1 Å². The average Bonchev–Trinajstić information content (AvgIpc) is 3.02. The van der Waals surface area contributed by atoms with E-state index in [1.165, 1.54) is 6.07 Å². The summed E-state index contributed by atoms with van der Waals surface area (Å²) in [5.74, 6) is -0.316. The number of hydrogen-bond acceptors (Lipinski definition) is 4. The zero-order valence-corrected chi connectivity index (χ0v) is 12.5. The molecule has 3 aromatic heterocycles. The maximum atomic E-state index is 12.5. The molecule has 0 bridgehead atoms. The second kappa shape index (κ2) is 5.62. The lowest BCUT2D eigenvalue weighted by Gasteiger charge is -2.07. The zero-order chi connectivity index (χ0) is 16.5. The van der Waals surface area contributed by atoms with E-state index < -0.39 is 0 Å². The van der Waals surface area contributed by atoms with Crippen LogP contribution in [-0.4, -0.2) is 26.1 Å². The van der Waals surface area contributed by atoms with Crippen LogP contribution in [-0.2, 0) is 6.54 Å². The van der Waals surface area contributed by atoms with Gasteiger partial charge in [0.15, 0.2) is 5.65 Å². The molecule has 0 atom stereocenters. The maximum absolute atomic E-state index is 12.5. The molecule has 7 heteroatoms. The van der Waals surface area contributed by atoms with E-state index >= 15 is 0 Å². The van der Waals surface area contributed by atoms with Crippen LogP contribution >= 0.6 is 0 Å². The van der Waals surface area contributed by atoms with E-state index in [1.807, 2.05) is 24.3 Å². The number of benzene rings is 1. The number of amides is 1. The number of aromatic amines is 2. The first-order valence-corrected chi connectivity index (χ1v) is 7.40. The van der Waals surface area contributed by atoms with Crippen molar-refractivity contribution in [3.05, 3.63) is 70.3 Å².